The van der Waals surface area contributed by atoms with E-state index in [2.05, 4.69) is 0 Å². The molecule has 19 heavy (non-hydrogen) atoms. The molecule has 0 spiro atoms. The lowest BCUT2D eigenvalue weighted by atomic mass is 10.2. The van der Waals surface area contributed by atoms with Crippen LogP contribution in [0.5, 0.6) is 5.75 Å². The first-order chi connectivity index (χ1) is 9.12. The first-order valence-corrected chi connectivity index (χ1v) is 7.96. The van der Waals surface area contributed by atoms with Gasteiger partial charge in [-0.25, -0.2) is 4.57 Å². The van der Waals surface area contributed by atoms with Gasteiger partial charge in [-0.1, -0.05) is 30.3 Å². The molecular formula is C14H14ClO3P. The van der Waals surface area contributed by atoms with Crippen molar-refractivity contribution >= 4 is 24.5 Å². The number of benzene rings is 2. The first kappa shape index (κ1) is 14.1. The summed E-state index contributed by atoms with van der Waals surface area (Å²) in [5.74, 6) is 0.898. The van der Waals surface area contributed by atoms with E-state index in [1.54, 1.807) is 48.5 Å². The van der Waals surface area contributed by atoms with E-state index in [0.29, 0.717) is 11.6 Å². The molecule has 0 aliphatic heterocycles. The van der Waals surface area contributed by atoms with Gasteiger partial charge in [-0.05, 0) is 36.2 Å². The number of halogens is 1. The molecule has 2 rings (SSSR count). The highest BCUT2D eigenvalue weighted by Crippen LogP contribution is 2.41. The average Bonchev–Trinajstić information content (AvgIpc) is 2.40. The summed E-state index contributed by atoms with van der Waals surface area (Å²) >= 11 is 5.64. The van der Waals surface area contributed by atoms with E-state index in [0.717, 1.165) is 12.0 Å². The van der Waals surface area contributed by atoms with Crippen LogP contribution in [0.1, 0.15) is 5.56 Å². The van der Waals surface area contributed by atoms with E-state index >= 15 is 0 Å². The quantitative estimate of drug-likeness (QED) is 0.680. The second-order valence-corrected chi connectivity index (χ2v) is 6.15. The molecule has 1 atom stereocenters. The van der Waals surface area contributed by atoms with Gasteiger partial charge >= 0.3 is 7.60 Å². The minimum Gasteiger partial charge on any atom is -0.421 e. The zero-order valence-corrected chi connectivity index (χ0v) is 11.8. The lowest BCUT2D eigenvalue weighted by Gasteiger charge is -2.13. The molecule has 5 heteroatoms. The van der Waals surface area contributed by atoms with Crippen molar-refractivity contribution in [3.8, 4) is 5.75 Å². The number of para-hydroxylation sites is 1. The van der Waals surface area contributed by atoms with Crippen LogP contribution in [-0.4, -0.2) is 10.8 Å². The van der Waals surface area contributed by atoms with E-state index in [4.69, 9.17) is 16.1 Å². The van der Waals surface area contributed by atoms with Gasteiger partial charge in [-0.3, -0.25) is 0 Å². The lowest BCUT2D eigenvalue weighted by Crippen LogP contribution is -2.09. The van der Waals surface area contributed by atoms with E-state index < -0.39 is 7.60 Å². The Morgan fingerprint density at radius 2 is 1.68 bits per heavy atom. The van der Waals surface area contributed by atoms with Gasteiger partial charge in [0, 0.05) is 5.88 Å². The third-order valence-corrected chi connectivity index (χ3v) is 4.22. The molecule has 2 aromatic carbocycles. The number of rotatable bonds is 5. The summed E-state index contributed by atoms with van der Waals surface area (Å²) in [7, 11) is -3.84. The van der Waals surface area contributed by atoms with Crippen molar-refractivity contribution in [2.45, 2.75) is 6.42 Å². The maximum Gasteiger partial charge on any atom is 0.408 e. The molecule has 100 valence electrons. The van der Waals surface area contributed by atoms with Gasteiger partial charge in [0.2, 0.25) is 0 Å². The van der Waals surface area contributed by atoms with Gasteiger partial charge in [0.15, 0.2) is 0 Å². The predicted octanol–water partition coefficient (Wildman–Crippen LogP) is 3.36. The molecule has 1 unspecified atom stereocenters. The van der Waals surface area contributed by atoms with Gasteiger partial charge < -0.3 is 9.42 Å². The Morgan fingerprint density at radius 3 is 2.26 bits per heavy atom. The largest absolute Gasteiger partial charge is 0.421 e. The molecule has 0 amide bonds. The van der Waals surface area contributed by atoms with E-state index in [1.807, 2.05) is 6.07 Å². The maximum atomic E-state index is 12.2. The van der Waals surface area contributed by atoms with Crippen LogP contribution in [0.4, 0.5) is 0 Å². The molecule has 1 N–H and O–H groups in total. The Labute approximate surface area is 117 Å². The van der Waals surface area contributed by atoms with Gasteiger partial charge in [0.25, 0.3) is 0 Å². The topological polar surface area (TPSA) is 46.5 Å². The molecule has 0 saturated heterocycles. The Bertz CT molecular complexity index is 569. The number of alkyl halides is 1. The summed E-state index contributed by atoms with van der Waals surface area (Å²) in [6.07, 6.45) is 0.733. The highest BCUT2D eigenvalue weighted by Gasteiger charge is 2.23. The highest BCUT2D eigenvalue weighted by atomic mass is 35.5. The van der Waals surface area contributed by atoms with Crippen LogP contribution in [0.3, 0.4) is 0 Å². The van der Waals surface area contributed by atoms with Crippen LogP contribution < -0.4 is 9.83 Å². The zero-order chi connectivity index (χ0) is 13.7. The molecule has 3 nitrogen and oxygen atoms in total. The molecular weight excluding hydrogens is 283 g/mol. The van der Waals surface area contributed by atoms with Crippen LogP contribution in [-0.2, 0) is 11.0 Å². The standard InChI is InChI=1S/C14H14ClO3P/c15-11-10-12-6-8-14(9-7-12)19(16,17)18-13-4-2-1-3-5-13/h1-9H,10-11H2,(H,16,17). The monoisotopic (exact) mass is 296 g/mol. The minimum atomic E-state index is -3.84. The summed E-state index contributed by atoms with van der Waals surface area (Å²) in [5, 5.41) is 0.273. The van der Waals surface area contributed by atoms with Gasteiger partial charge in [-0.15, -0.1) is 11.6 Å². The van der Waals surface area contributed by atoms with Crippen molar-refractivity contribution < 1.29 is 14.0 Å². The van der Waals surface area contributed by atoms with E-state index in [9.17, 15) is 9.46 Å². The predicted molar refractivity (Wildman–Crippen MR) is 77.4 cm³/mol. The van der Waals surface area contributed by atoms with Crippen LogP contribution >= 0.6 is 19.2 Å². The molecule has 0 aliphatic carbocycles. The number of aryl methyl sites for hydroxylation is 1. The second-order valence-electron chi connectivity index (χ2n) is 4.03. The third-order valence-electron chi connectivity index (χ3n) is 2.62. The number of hydrogen-bond donors (Lipinski definition) is 1. The second kappa shape index (κ2) is 6.25. The van der Waals surface area contributed by atoms with Gasteiger partial charge in [-0.2, -0.15) is 0 Å². The summed E-state index contributed by atoms with van der Waals surface area (Å²) in [6, 6.07) is 15.4. The summed E-state index contributed by atoms with van der Waals surface area (Å²) in [6.45, 7) is 0. The SMILES string of the molecule is O=P(O)(Oc1ccccc1)c1ccc(CCCl)cc1. The Balaban J connectivity index is 2.17. The normalized spacial score (nSPS) is 13.8. The zero-order valence-electron chi connectivity index (χ0n) is 10.2. The summed E-state index contributed by atoms with van der Waals surface area (Å²) in [5.41, 5.74) is 1.03. The summed E-state index contributed by atoms with van der Waals surface area (Å²) in [4.78, 5) is 9.97. The molecule has 0 heterocycles. The van der Waals surface area contributed by atoms with Crippen LogP contribution in [0.15, 0.2) is 54.6 Å². The maximum absolute atomic E-state index is 12.2. The molecule has 0 radical (unpaired) electrons. The molecule has 0 aromatic heterocycles. The molecule has 0 fully saturated rings. The molecule has 0 bridgehead atoms. The lowest BCUT2D eigenvalue weighted by molar-refractivity contribution is 0.393. The Hall–Kier alpha value is -1.28. The first-order valence-electron chi connectivity index (χ1n) is 5.85. The van der Waals surface area contributed by atoms with Crippen molar-refractivity contribution in [3.05, 3.63) is 60.2 Å². The smallest absolute Gasteiger partial charge is 0.408 e. The van der Waals surface area contributed by atoms with Crippen molar-refractivity contribution in [2.75, 3.05) is 5.88 Å². The van der Waals surface area contributed by atoms with Gasteiger partial charge in [0.05, 0.1) is 5.30 Å². The fraction of sp³-hybridized carbons (Fsp3) is 0.143. The van der Waals surface area contributed by atoms with Gasteiger partial charge in [0.1, 0.15) is 5.75 Å². The summed E-state index contributed by atoms with van der Waals surface area (Å²) < 4.78 is 17.3. The van der Waals surface area contributed by atoms with Crippen molar-refractivity contribution in [2.24, 2.45) is 0 Å². The third kappa shape index (κ3) is 3.84. The minimum absolute atomic E-state index is 0.273. The van der Waals surface area contributed by atoms with Crippen LogP contribution in [0, 0.1) is 0 Å². The number of hydrogen-bond acceptors (Lipinski definition) is 2. The van der Waals surface area contributed by atoms with Crippen LogP contribution in [0.2, 0.25) is 0 Å². The fourth-order valence-electron chi connectivity index (χ4n) is 1.64. The molecule has 0 aliphatic rings. The Kier molecular flexibility index (Phi) is 4.65. The van der Waals surface area contributed by atoms with E-state index in [-0.39, 0.29) is 5.30 Å². The fourth-order valence-corrected chi connectivity index (χ4v) is 2.89. The highest BCUT2D eigenvalue weighted by molar-refractivity contribution is 7.61. The van der Waals surface area contributed by atoms with E-state index in [1.165, 1.54) is 0 Å². The average molecular weight is 297 g/mol. The van der Waals surface area contributed by atoms with Crippen molar-refractivity contribution in [3.63, 3.8) is 0 Å². The van der Waals surface area contributed by atoms with Crippen LogP contribution in [0.25, 0.3) is 0 Å². The molecule has 0 saturated carbocycles. The Morgan fingerprint density at radius 1 is 1.05 bits per heavy atom. The van der Waals surface area contributed by atoms with Crippen molar-refractivity contribution in [1.29, 1.82) is 0 Å². The molecule has 2 aromatic rings. The van der Waals surface area contributed by atoms with Crippen molar-refractivity contribution in [1.82, 2.24) is 0 Å².